The molecule has 0 spiro atoms. The van der Waals surface area contributed by atoms with Gasteiger partial charge in [0.05, 0.1) is 22.3 Å². The van der Waals surface area contributed by atoms with Crippen molar-refractivity contribution in [2.24, 2.45) is 0 Å². The lowest BCUT2D eigenvalue weighted by Crippen LogP contribution is -2.41. The molecule has 2 rings (SSSR count). The minimum Gasteiger partial charge on any atom is -0.379 e. The second-order valence-electron chi connectivity index (χ2n) is 4.35. The van der Waals surface area contributed by atoms with Gasteiger partial charge in [0.2, 0.25) is 0 Å². The van der Waals surface area contributed by atoms with Crippen molar-refractivity contribution in [2.75, 3.05) is 5.32 Å². The molecule has 0 bridgehead atoms. The van der Waals surface area contributed by atoms with Crippen LogP contribution in [0, 0.1) is 11.3 Å². The molecule has 1 aromatic carbocycles. The van der Waals surface area contributed by atoms with Crippen molar-refractivity contribution in [2.45, 2.75) is 31.7 Å². The van der Waals surface area contributed by atoms with Crippen LogP contribution < -0.4 is 5.32 Å². The van der Waals surface area contributed by atoms with Gasteiger partial charge >= 0.3 is 0 Å². The molecule has 0 atom stereocenters. The third kappa shape index (κ3) is 2.08. The van der Waals surface area contributed by atoms with Gasteiger partial charge in [0.25, 0.3) is 0 Å². The Morgan fingerprint density at radius 3 is 2.67 bits per heavy atom. The number of halogens is 1. The Hall–Kier alpha value is -1.20. The van der Waals surface area contributed by atoms with Crippen molar-refractivity contribution in [3.63, 3.8) is 0 Å². The van der Waals surface area contributed by atoms with Crippen LogP contribution in [0.25, 0.3) is 0 Å². The number of hydrogen-bond acceptors (Lipinski definition) is 2. The van der Waals surface area contributed by atoms with Crippen LogP contribution in [0.2, 0.25) is 5.02 Å². The zero-order chi connectivity index (χ0) is 10.9. The second kappa shape index (κ2) is 3.75. The summed E-state index contributed by atoms with van der Waals surface area (Å²) in [6.45, 7) is 2.20. The van der Waals surface area contributed by atoms with Gasteiger partial charge in [-0.1, -0.05) is 11.6 Å². The summed E-state index contributed by atoms with van der Waals surface area (Å²) in [4.78, 5) is 0. The molecule has 78 valence electrons. The van der Waals surface area contributed by atoms with E-state index < -0.39 is 0 Å². The molecule has 0 saturated heterocycles. The summed E-state index contributed by atoms with van der Waals surface area (Å²) in [5.74, 6) is 0. The minimum absolute atomic E-state index is 0.192. The molecule has 0 radical (unpaired) electrons. The van der Waals surface area contributed by atoms with Crippen LogP contribution in [-0.2, 0) is 0 Å². The fourth-order valence-corrected chi connectivity index (χ4v) is 2.07. The number of nitrogens with zero attached hydrogens (tertiary/aromatic N) is 1. The van der Waals surface area contributed by atoms with Gasteiger partial charge in [-0.05, 0) is 44.4 Å². The van der Waals surface area contributed by atoms with E-state index >= 15 is 0 Å². The van der Waals surface area contributed by atoms with Crippen molar-refractivity contribution < 1.29 is 0 Å². The molecule has 1 aromatic rings. The van der Waals surface area contributed by atoms with Gasteiger partial charge in [0, 0.05) is 5.54 Å². The van der Waals surface area contributed by atoms with Gasteiger partial charge in [-0.25, -0.2) is 0 Å². The lowest BCUT2D eigenvalue weighted by atomic mass is 9.78. The summed E-state index contributed by atoms with van der Waals surface area (Å²) in [5, 5.41) is 12.8. The lowest BCUT2D eigenvalue weighted by molar-refractivity contribution is 0.306. The molecule has 0 aromatic heterocycles. The van der Waals surface area contributed by atoms with E-state index in [-0.39, 0.29) is 5.54 Å². The number of nitriles is 1. The molecular formula is C12H13ClN2. The lowest BCUT2D eigenvalue weighted by Gasteiger charge is -2.40. The maximum absolute atomic E-state index is 8.71. The Morgan fingerprint density at radius 1 is 1.47 bits per heavy atom. The van der Waals surface area contributed by atoms with Crippen molar-refractivity contribution in [3.8, 4) is 6.07 Å². The molecule has 3 heteroatoms. The number of benzene rings is 1. The van der Waals surface area contributed by atoms with E-state index in [0.717, 1.165) is 5.69 Å². The second-order valence-corrected chi connectivity index (χ2v) is 4.75. The summed E-state index contributed by atoms with van der Waals surface area (Å²) < 4.78 is 0. The van der Waals surface area contributed by atoms with Crippen molar-refractivity contribution in [3.05, 3.63) is 28.8 Å². The smallest absolute Gasteiger partial charge is 0.0992 e. The average Bonchev–Trinajstić information content (AvgIpc) is 2.18. The highest BCUT2D eigenvalue weighted by atomic mass is 35.5. The number of nitrogens with one attached hydrogen (secondary N) is 1. The van der Waals surface area contributed by atoms with Crippen LogP contribution in [0.3, 0.4) is 0 Å². The Morgan fingerprint density at radius 2 is 2.20 bits per heavy atom. The zero-order valence-corrected chi connectivity index (χ0v) is 9.43. The van der Waals surface area contributed by atoms with Gasteiger partial charge in [-0.2, -0.15) is 5.26 Å². The van der Waals surface area contributed by atoms with E-state index in [1.54, 1.807) is 12.1 Å². The largest absolute Gasteiger partial charge is 0.379 e. The van der Waals surface area contributed by atoms with Crippen molar-refractivity contribution in [1.82, 2.24) is 0 Å². The third-order valence-electron chi connectivity index (χ3n) is 2.99. The van der Waals surface area contributed by atoms with Crippen LogP contribution >= 0.6 is 11.6 Å². The first kappa shape index (κ1) is 10.3. The van der Waals surface area contributed by atoms with Gasteiger partial charge < -0.3 is 5.32 Å². The summed E-state index contributed by atoms with van der Waals surface area (Å²) >= 11 is 6.08. The fraction of sp³-hybridized carbons (Fsp3) is 0.417. The molecular weight excluding hydrogens is 208 g/mol. The molecule has 2 nitrogen and oxygen atoms in total. The van der Waals surface area contributed by atoms with Crippen LogP contribution in [0.1, 0.15) is 31.7 Å². The molecule has 1 N–H and O–H groups in total. The Bertz CT molecular complexity index is 416. The van der Waals surface area contributed by atoms with E-state index in [9.17, 15) is 0 Å². The first-order valence-corrected chi connectivity index (χ1v) is 5.49. The van der Waals surface area contributed by atoms with E-state index in [0.29, 0.717) is 10.6 Å². The number of hydrogen-bond donors (Lipinski definition) is 1. The van der Waals surface area contributed by atoms with Crippen LogP contribution in [0.15, 0.2) is 18.2 Å². The predicted octanol–water partition coefficient (Wildman–Crippen LogP) is 3.57. The summed E-state index contributed by atoms with van der Waals surface area (Å²) in [6, 6.07) is 7.44. The van der Waals surface area contributed by atoms with E-state index in [4.69, 9.17) is 16.9 Å². The Kier molecular flexibility index (Phi) is 2.58. The molecule has 1 aliphatic carbocycles. The highest BCUT2D eigenvalue weighted by Crippen LogP contribution is 2.36. The monoisotopic (exact) mass is 220 g/mol. The first-order chi connectivity index (χ1) is 7.13. The summed E-state index contributed by atoms with van der Waals surface area (Å²) in [6.07, 6.45) is 3.64. The molecule has 0 heterocycles. The Labute approximate surface area is 94.9 Å². The molecule has 0 aliphatic heterocycles. The van der Waals surface area contributed by atoms with Gasteiger partial charge in [0.15, 0.2) is 0 Å². The maximum atomic E-state index is 8.71. The topological polar surface area (TPSA) is 35.8 Å². The predicted molar refractivity (Wildman–Crippen MR) is 62.0 cm³/mol. The fourth-order valence-electron chi connectivity index (χ4n) is 1.84. The molecule has 1 saturated carbocycles. The van der Waals surface area contributed by atoms with Crippen LogP contribution in [-0.4, -0.2) is 5.54 Å². The van der Waals surface area contributed by atoms with Crippen LogP contribution in [0.4, 0.5) is 5.69 Å². The molecule has 1 fully saturated rings. The SMILES string of the molecule is CC1(Nc2ccc(C#N)cc2Cl)CCC1. The zero-order valence-electron chi connectivity index (χ0n) is 8.68. The first-order valence-electron chi connectivity index (χ1n) is 5.11. The quantitative estimate of drug-likeness (QED) is 0.827. The average molecular weight is 221 g/mol. The van der Waals surface area contributed by atoms with E-state index in [1.165, 1.54) is 19.3 Å². The van der Waals surface area contributed by atoms with Crippen LogP contribution in [0.5, 0.6) is 0 Å². The number of rotatable bonds is 2. The molecule has 15 heavy (non-hydrogen) atoms. The summed E-state index contributed by atoms with van der Waals surface area (Å²) in [7, 11) is 0. The molecule has 1 aliphatic rings. The van der Waals surface area contributed by atoms with E-state index in [2.05, 4.69) is 18.3 Å². The van der Waals surface area contributed by atoms with E-state index in [1.807, 2.05) is 6.07 Å². The third-order valence-corrected chi connectivity index (χ3v) is 3.30. The maximum Gasteiger partial charge on any atom is 0.0992 e. The van der Waals surface area contributed by atoms with Gasteiger partial charge in [0.1, 0.15) is 0 Å². The van der Waals surface area contributed by atoms with Crippen molar-refractivity contribution in [1.29, 1.82) is 5.26 Å². The summed E-state index contributed by atoms with van der Waals surface area (Å²) in [5.41, 5.74) is 1.72. The van der Waals surface area contributed by atoms with Gasteiger partial charge in [-0.3, -0.25) is 0 Å². The Balaban J connectivity index is 2.19. The van der Waals surface area contributed by atoms with Gasteiger partial charge in [-0.15, -0.1) is 0 Å². The minimum atomic E-state index is 0.192. The highest BCUT2D eigenvalue weighted by molar-refractivity contribution is 6.33. The highest BCUT2D eigenvalue weighted by Gasteiger charge is 2.31. The molecule has 0 amide bonds. The normalized spacial score (nSPS) is 17.7. The molecule has 0 unspecified atom stereocenters. The standard InChI is InChI=1S/C12H13ClN2/c1-12(5-2-6-12)15-11-4-3-9(8-14)7-10(11)13/h3-4,7,15H,2,5-6H2,1H3. The number of anilines is 1. The van der Waals surface area contributed by atoms with Crippen molar-refractivity contribution >= 4 is 17.3 Å².